The number of nitrogens with zero attached hydrogens (tertiary/aromatic N) is 1. The summed E-state index contributed by atoms with van der Waals surface area (Å²) in [5, 5.41) is 0. The van der Waals surface area contributed by atoms with Gasteiger partial charge >= 0.3 is 0 Å². The molecule has 4 heteroatoms. The summed E-state index contributed by atoms with van der Waals surface area (Å²) in [4.78, 5) is 14.7. The Morgan fingerprint density at radius 2 is 2.04 bits per heavy atom. The lowest BCUT2D eigenvalue weighted by Crippen LogP contribution is -2.28. The molecule has 23 heavy (non-hydrogen) atoms. The Bertz CT molecular complexity index is 727. The van der Waals surface area contributed by atoms with Crippen LogP contribution in [0.3, 0.4) is 0 Å². The van der Waals surface area contributed by atoms with E-state index in [1.807, 2.05) is 41.3 Å². The van der Waals surface area contributed by atoms with Crippen molar-refractivity contribution in [3.8, 4) is 5.75 Å². The second-order valence-electron chi connectivity index (χ2n) is 6.19. The van der Waals surface area contributed by atoms with Crippen molar-refractivity contribution in [1.82, 2.24) is 0 Å². The van der Waals surface area contributed by atoms with E-state index in [0.29, 0.717) is 18.1 Å². The zero-order valence-corrected chi connectivity index (χ0v) is 15.0. The lowest BCUT2D eigenvalue weighted by atomic mass is 10.1. The minimum atomic E-state index is 0.0334. The molecule has 1 heterocycles. The molecule has 2 aromatic carbocycles. The maximum atomic E-state index is 12.8. The largest absolute Gasteiger partial charge is 0.492 e. The van der Waals surface area contributed by atoms with Gasteiger partial charge in [-0.2, -0.15) is 0 Å². The van der Waals surface area contributed by atoms with Crippen LogP contribution in [-0.2, 0) is 6.42 Å². The maximum Gasteiger partial charge on any atom is 0.258 e. The van der Waals surface area contributed by atoms with Crippen LogP contribution < -0.4 is 9.64 Å². The Hall–Kier alpha value is -1.81. The van der Waals surface area contributed by atoms with Gasteiger partial charge < -0.3 is 9.64 Å². The second-order valence-corrected chi connectivity index (χ2v) is 7.04. The molecule has 0 fully saturated rings. The summed E-state index contributed by atoms with van der Waals surface area (Å²) in [6, 6.07) is 13.6. The molecule has 0 bridgehead atoms. The molecule has 1 aliphatic rings. The molecule has 0 aliphatic carbocycles. The summed E-state index contributed by atoms with van der Waals surface area (Å²) in [5.41, 5.74) is 2.93. The summed E-state index contributed by atoms with van der Waals surface area (Å²) in [7, 11) is 0. The van der Waals surface area contributed by atoms with Crippen molar-refractivity contribution in [2.24, 2.45) is 5.92 Å². The van der Waals surface area contributed by atoms with E-state index in [2.05, 4.69) is 35.8 Å². The van der Waals surface area contributed by atoms with Crippen molar-refractivity contribution in [3.05, 3.63) is 58.1 Å². The van der Waals surface area contributed by atoms with Crippen molar-refractivity contribution >= 4 is 27.5 Å². The van der Waals surface area contributed by atoms with Crippen LogP contribution in [0.4, 0.5) is 5.69 Å². The third-order valence-corrected chi connectivity index (χ3v) is 4.50. The predicted octanol–water partition coefficient (Wildman–Crippen LogP) is 4.69. The van der Waals surface area contributed by atoms with Crippen LogP contribution in [-0.4, -0.2) is 19.1 Å². The van der Waals surface area contributed by atoms with E-state index < -0.39 is 0 Å². The van der Waals surface area contributed by atoms with Gasteiger partial charge in [0.25, 0.3) is 5.91 Å². The highest BCUT2D eigenvalue weighted by atomic mass is 79.9. The van der Waals surface area contributed by atoms with Gasteiger partial charge in [-0.25, -0.2) is 0 Å². The summed E-state index contributed by atoms with van der Waals surface area (Å²) in [6.45, 7) is 5.61. The Balaban J connectivity index is 1.80. The molecular weight excluding hydrogens is 354 g/mol. The van der Waals surface area contributed by atoms with Crippen molar-refractivity contribution in [3.63, 3.8) is 0 Å². The topological polar surface area (TPSA) is 29.5 Å². The number of hydrogen-bond donors (Lipinski definition) is 0. The van der Waals surface area contributed by atoms with Gasteiger partial charge in [0.2, 0.25) is 0 Å². The number of carbonyl (C=O) groups excluding carboxylic acids is 1. The minimum Gasteiger partial charge on any atom is -0.492 e. The Morgan fingerprint density at radius 3 is 2.78 bits per heavy atom. The molecule has 0 unspecified atom stereocenters. The highest BCUT2D eigenvalue weighted by molar-refractivity contribution is 9.10. The number of anilines is 1. The number of halogens is 1. The van der Waals surface area contributed by atoms with Gasteiger partial charge in [-0.05, 0) is 58.1 Å². The molecular formula is C19H20BrNO2. The molecule has 0 saturated carbocycles. The standard InChI is InChI=1S/C19H20BrNO2/c1-13(2)12-23-18-8-7-15(11-16(18)20)19(22)21-10-9-14-5-3-4-6-17(14)21/h3-8,11,13H,9-10,12H2,1-2H3. The first-order valence-electron chi connectivity index (χ1n) is 7.88. The van der Waals surface area contributed by atoms with Crippen molar-refractivity contribution in [2.75, 3.05) is 18.1 Å². The molecule has 0 N–H and O–H groups in total. The molecule has 0 spiro atoms. The molecule has 3 rings (SSSR count). The van der Waals surface area contributed by atoms with Crippen LogP contribution >= 0.6 is 15.9 Å². The molecule has 0 aromatic heterocycles. The SMILES string of the molecule is CC(C)COc1ccc(C(=O)N2CCc3ccccc32)cc1Br. The van der Waals surface area contributed by atoms with Gasteiger partial charge in [0.1, 0.15) is 5.75 Å². The van der Waals surface area contributed by atoms with Crippen molar-refractivity contribution in [1.29, 1.82) is 0 Å². The summed E-state index contributed by atoms with van der Waals surface area (Å²) >= 11 is 3.51. The zero-order valence-electron chi connectivity index (χ0n) is 13.4. The van der Waals surface area contributed by atoms with Crippen LogP contribution in [0.5, 0.6) is 5.75 Å². The number of benzene rings is 2. The molecule has 120 valence electrons. The molecule has 0 saturated heterocycles. The van der Waals surface area contributed by atoms with E-state index in [-0.39, 0.29) is 5.91 Å². The number of ether oxygens (including phenoxy) is 1. The normalized spacial score (nSPS) is 13.3. The van der Waals surface area contributed by atoms with E-state index in [1.165, 1.54) is 5.56 Å². The number of carbonyl (C=O) groups is 1. The quantitative estimate of drug-likeness (QED) is 0.777. The summed E-state index contributed by atoms with van der Waals surface area (Å²) < 4.78 is 6.56. The summed E-state index contributed by atoms with van der Waals surface area (Å²) in [5.74, 6) is 1.27. The first-order valence-corrected chi connectivity index (χ1v) is 8.67. The van der Waals surface area contributed by atoms with Crippen LogP contribution in [0.2, 0.25) is 0 Å². The molecule has 2 aromatic rings. The maximum absolute atomic E-state index is 12.8. The van der Waals surface area contributed by atoms with Crippen LogP contribution in [0, 0.1) is 5.92 Å². The Kier molecular flexibility index (Phi) is 4.71. The smallest absolute Gasteiger partial charge is 0.258 e. The third-order valence-electron chi connectivity index (χ3n) is 3.88. The van der Waals surface area contributed by atoms with E-state index >= 15 is 0 Å². The average molecular weight is 374 g/mol. The number of para-hydroxylation sites is 1. The van der Waals surface area contributed by atoms with Gasteiger partial charge in [-0.15, -0.1) is 0 Å². The lowest BCUT2D eigenvalue weighted by molar-refractivity contribution is 0.0989. The zero-order chi connectivity index (χ0) is 16.4. The first kappa shape index (κ1) is 16.1. The highest BCUT2D eigenvalue weighted by Gasteiger charge is 2.25. The molecule has 1 amide bonds. The molecule has 0 radical (unpaired) electrons. The molecule has 3 nitrogen and oxygen atoms in total. The lowest BCUT2D eigenvalue weighted by Gasteiger charge is -2.18. The molecule has 0 atom stereocenters. The number of amides is 1. The Morgan fingerprint density at radius 1 is 1.26 bits per heavy atom. The van der Waals surface area contributed by atoms with Gasteiger partial charge in [0.15, 0.2) is 0 Å². The minimum absolute atomic E-state index is 0.0334. The number of fused-ring (bicyclic) bond motifs is 1. The predicted molar refractivity (Wildman–Crippen MR) is 96.3 cm³/mol. The Labute approximate surface area is 145 Å². The van der Waals surface area contributed by atoms with Gasteiger partial charge in [0, 0.05) is 17.8 Å². The van der Waals surface area contributed by atoms with E-state index in [4.69, 9.17) is 4.74 Å². The van der Waals surface area contributed by atoms with Crippen molar-refractivity contribution in [2.45, 2.75) is 20.3 Å². The second kappa shape index (κ2) is 6.75. The van der Waals surface area contributed by atoms with Crippen LogP contribution in [0.25, 0.3) is 0 Å². The third kappa shape index (κ3) is 3.42. The van der Waals surface area contributed by atoms with E-state index in [0.717, 1.165) is 28.9 Å². The first-order chi connectivity index (χ1) is 11.1. The van der Waals surface area contributed by atoms with Gasteiger partial charge in [0.05, 0.1) is 11.1 Å². The fraction of sp³-hybridized carbons (Fsp3) is 0.316. The van der Waals surface area contributed by atoms with Crippen LogP contribution in [0.1, 0.15) is 29.8 Å². The molecule has 1 aliphatic heterocycles. The number of rotatable bonds is 4. The number of hydrogen-bond acceptors (Lipinski definition) is 2. The monoisotopic (exact) mass is 373 g/mol. The summed E-state index contributed by atoms with van der Waals surface area (Å²) in [6.07, 6.45) is 0.915. The van der Waals surface area contributed by atoms with Crippen molar-refractivity contribution < 1.29 is 9.53 Å². The van der Waals surface area contributed by atoms with E-state index in [1.54, 1.807) is 0 Å². The fourth-order valence-electron chi connectivity index (χ4n) is 2.71. The van der Waals surface area contributed by atoms with Gasteiger partial charge in [-0.1, -0.05) is 32.0 Å². The fourth-order valence-corrected chi connectivity index (χ4v) is 3.21. The van der Waals surface area contributed by atoms with E-state index in [9.17, 15) is 4.79 Å². The van der Waals surface area contributed by atoms with Gasteiger partial charge in [-0.3, -0.25) is 4.79 Å². The van der Waals surface area contributed by atoms with Crippen LogP contribution in [0.15, 0.2) is 46.9 Å². The average Bonchev–Trinajstić information content (AvgIpc) is 2.97. The highest BCUT2D eigenvalue weighted by Crippen LogP contribution is 2.31.